The minimum absolute atomic E-state index is 0.0370. The molecule has 76 heavy (non-hydrogen) atoms. The van der Waals surface area contributed by atoms with Crippen LogP contribution in [0.15, 0.2) is 88.6 Å². The first-order valence-corrected chi connectivity index (χ1v) is 28.2. The molecule has 0 spiro atoms. The first kappa shape index (κ1) is 58.5. The van der Waals surface area contributed by atoms with Gasteiger partial charge in [-0.3, -0.25) is 13.7 Å². The van der Waals surface area contributed by atoms with Gasteiger partial charge in [0.15, 0.2) is 15.6 Å². The molecule has 2 unspecified atom stereocenters. The number of azo groups is 2. The molecule has 6 aromatic rings. The Morgan fingerprint density at radius 1 is 0.605 bits per heavy atom. The van der Waals surface area contributed by atoms with Crippen molar-refractivity contribution in [2.75, 3.05) is 71.8 Å². The number of aromatic nitrogens is 6. The van der Waals surface area contributed by atoms with Crippen LogP contribution in [0, 0.1) is 0 Å². The topological polar surface area (TPSA) is 482 Å². The summed E-state index contributed by atoms with van der Waals surface area (Å²) in [5, 5.41) is 69.5. The number of nitrogens with one attached hydrogen (secondary N) is 2. The first-order chi connectivity index (χ1) is 35.4. The number of anilines is 7. The second-order valence-electron chi connectivity index (χ2n) is 16.0. The maximum atomic E-state index is 13.3. The fourth-order valence-corrected chi connectivity index (χ4v) is 9.96. The molecule has 2 heterocycles. The normalized spacial score (nSPS) is 13.4. The van der Waals surface area contributed by atoms with Crippen LogP contribution in [0.2, 0.25) is 10.6 Å². The van der Waals surface area contributed by atoms with Crippen LogP contribution in [0.1, 0.15) is 13.8 Å². The van der Waals surface area contributed by atoms with Gasteiger partial charge in [-0.05, 0) is 91.0 Å². The molecule has 0 aliphatic heterocycles. The predicted molar refractivity (Wildman–Crippen MR) is 272 cm³/mol. The lowest BCUT2D eigenvalue weighted by atomic mass is 10.1. The number of phenols is 1. The summed E-state index contributed by atoms with van der Waals surface area (Å²) in [4.78, 5) is 23.2. The Balaban J connectivity index is 1.49. The van der Waals surface area contributed by atoms with Crippen LogP contribution in [0.3, 0.4) is 0 Å². The summed E-state index contributed by atoms with van der Waals surface area (Å²) >= 11 is 12.3. The van der Waals surface area contributed by atoms with E-state index in [4.69, 9.17) is 28.9 Å². The van der Waals surface area contributed by atoms with E-state index in [1.54, 1.807) is 0 Å². The van der Waals surface area contributed by atoms with Crippen LogP contribution in [0.4, 0.5) is 63.6 Å². The maximum absolute atomic E-state index is 13.3. The van der Waals surface area contributed by atoms with E-state index in [2.05, 4.69) is 61.0 Å². The summed E-state index contributed by atoms with van der Waals surface area (Å²) in [7, 11) is -20.3. The summed E-state index contributed by atoms with van der Waals surface area (Å²) in [6.07, 6.45) is -1.16. The van der Waals surface area contributed by atoms with Gasteiger partial charge in [-0.2, -0.15) is 55.2 Å². The Bertz CT molecular complexity index is 3740. The Morgan fingerprint density at radius 2 is 1.03 bits per heavy atom. The lowest BCUT2D eigenvalue weighted by molar-refractivity contribution is 0.177. The molecule has 0 radical (unpaired) electrons. The van der Waals surface area contributed by atoms with Crippen molar-refractivity contribution in [3.63, 3.8) is 0 Å². The highest BCUT2D eigenvalue weighted by Crippen LogP contribution is 2.49. The molecule has 2 aromatic heterocycles. The Hall–Kier alpha value is -6.74. The Morgan fingerprint density at radius 3 is 1.43 bits per heavy atom. The number of aliphatic hydroxyl groups is 4. The van der Waals surface area contributed by atoms with Gasteiger partial charge in [-0.25, -0.2) is 8.42 Å². The summed E-state index contributed by atoms with van der Waals surface area (Å²) in [5.74, 6) is -1.99. The maximum Gasteiger partial charge on any atom is 0.296 e. The minimum atomic E-state index is -5.47. The van der Waals surface area contributed by atoms with Gasteiger partial charge < -0.3 is 51.7 Å². The smallest absolute Gasteiger partial charge is 0.296 e. The first-order valence-electron chi connectivity index (χ1n) is 21.2. The molecule has 6 rings (SSSR count). The zero-order valence-electron chi connectivity index (χ0n) is 39.2. The number of benzene rings is 4. The van der Waals surface area contributed by atoms with E-state index in [0.717, 1.165) is 42.5 Å². The van der Waals surface area contributed by atoms with E-state index >= 15 is 0 Å². The van der Waals surface area contributed by atoms with Gasteiger partial charge in [-0.15, -0.1) is 20.5 Å². The molecular weight excluding hydrogens is 1130 g/mol. The molecule has 0 aliphatic carbocycles. The molecule has 0 bridgehead atoms. The fourth-order valence-electron chi connectivity index (χ4n) is 6.94. The number of phenolic OH excluding ortho intramolecular Hbond substituents is 1. The van der Waals surface area contributed by atoms with Crippen LogP contribution in [0.5, 0.6) is 5.75 Å². The summed E-state index contributed by atoms with van der Waals surface area (Å²) in [6, 6.07) is 7.16. The number of nitrogens with two attached hydrogens (primary N) is 1. The summed E-state index contributed by atoms with van der Waals surface area (Å²) in [5.41, 5.74) is 2.08. The highest BCUT2D eigenvalue weighted by atomic mass is 35.5. The molecule has 4 aromatic carbocycles. The lowest BCUT2D eigenvalue weighted by Gasteiger charge is -2.25. The third kappa shape index (κ3) is 14.4. The molecule has 408 valence electrons. The number of fused-ring (bicyclic) bond motifs is 1. The van der Waals surface area contributed by atoms with Crippen molar-refractivity contribution in [1.82, 2.24) is 29.9 Å². The van der Waals surface area contributed by atoms with Crippen molar-refractivity contribution in [3.05, 3.63) is 59.1 Å². The molecule has 0 aliphatic rings. The van der Waals surface area contributed by atoms with Crippen LogP contribution in [-0.2, 0) is 40.2 Å². The van der Waals surface area contributed by atoms with Gasteiger partial charge in [0.05, 0.1) is 41.4 Å². The number of hydrogen-bond acceptors (Lipinski definition) is 28. The van der Waals surface area contributed by atoms with E-state index in [-0.39, 0.29) is 85.1 Å². The van der Waals surface area contributed by atoms with Crippen LogP contribution < -0.4 is 26.2 Å². The number of aromatic hydroxyl groups is 1. The quantitative estimate of drug-likeness (QED) is 0.0263. The summed E-state index contributed by atoms with van der Waals surface area (Å²) in [6.45, 7) is 2.03. The molecule has 0 saturated heterocycles. The van der Waals surface area contributed by atoms with Gasteiger partial charge in [-0.1, -0.05) is 0 Å². The Labute approximate surface area is 441 Å². The molecule has 37 heteroatoms. The minimum Gasteiger partial charge on any atom is -0.505 e. The summed E-state index contributed by atoms with van der Waals surface area (Å²) < 4.78 is 133. The molecular formula is C39H43Cl2N15O16S4. The van der Waals surface area contributed by atoms with Crippen molar-refractivity contribution in [3.8, 4) is 5.75 Å². The van der Waals surface area contributed by atoms with E-state index in [1.807, 2.05) is 0 Å². The van der Waals surface area contributed by atoms with Gasteiger partial charge in [0.25, 0.3) is 30.4 Å². The fraction of sp³-hybridized carbons (Fsp3) is 0.282. The van der Waals surface area contributed by atoms with E-state index in [0.29, 0.717) is 12.3 Å². The van der Waals surface area contributed by atoms with Crippen molar-refractivity contribution >= 4 is 138 Å². The number of nitrogen functional groups attached to an aromatic ring is 1. The molecule has 0 amide bonds. The molecule has 31 nitrogen and oxygen atoms in total. The third-order valence-electron chi connectivity index (χ3n) is 9.96. The zero-order valence-corrected chi connectivity index (χ0v) is 44.0. The number of rotatable bonds is 22. The number of sulfone groups is 1. The zero-order chi connectivity index (χ0) is 56.2. The van der Waals surface area contributed by atoms with Crippen molar-refractivity contribution in [1.29, 1.82) is 0 Å². The highest BCUT2D eigenvalue weighted by Gasteiger charge is 2.29. The molecule has 0 saturated carbocycles. The SMILES string of the molecule is CC(O)CN(CC(C)O)c1nc(Cl)nc(Nc2ccc(S(=O)(=O)O)c(/N=N/c3c(S(C)(=O)=O)cc4cc(S(=O)(=O)O)c(/N=N/c5cc(Nc6nc(Cl)nc(N(CCO)CCO)n6)ccc5S(=O)(=O)O)c(O)c4c3N)c2)n1. The number of aliphatic hydroxyl groups excluding tert-OH is 4. The van der Waals surface area contributed by atoms with Crippen molar-refractivity contribution in [2.24, 2.45) is 20.5 Å². The average Bonchev–Trinajstić information content (AvgIpc) is 3.29. The second-order valence-corrected chi connectivity index (χ2v) is 22.8. The van der Waals surface area contributed by atoms with E-state index in [1.165, 1.54) is 23.6 Å². The van der Waals surface area contributed by atoms with Gasteiger partial charge in [0.2, 0.25) is 34.4 Å². The predicted octanol–water partition coefficient (Wildman–Crippen LogP) is 3.63. The van der Waals surface area contributed by atoms with Gasteiger partial charge >= 0.3 is 0 Å². The molecule has 0 fully saturated rings. The van der Waals surface area contributed by atoms with Crippen molar-refractivity contribution in [2.45, 2.75) is 45.6 Å². The van der Waals surface area contributed by atoms with Crippen LogP contribution in [-0.4, -0.2) is 161 Å². The monoisotopic (exact) mass is 1180 g/mol. The second kappa shape index (κ2) is 23.2. The standard InChI is InChI=1S/C39H43Cl2N15O16S4/c1-18(59)16-56(17-19(2)60)39-48-35(41)46-37(50-39)44-21-4-6-25(74(64,65)66)23(14-21)51-53-31-27(73(3,62)63)12-20-13-28(76(70,71)72)32(33(61)29(20)30(31)42)54-52-24-15-22(5-7-26(24)75(67,68)69)43-36-45-34(40)47-38(49-36)55(8-10-57)9-11-58/h4-7,12-15,18-19,57-61H,8-11,16-17,42H2,1-3H3,(H,64,65,66)(H,67,68,69)(H,70,71,72)(H,43,45,47,49)(H,44,46,48,50)/b53-51+,54-52+. The van der Waals surface area contributed by atoms with Crippen LogP contribution >= 0.6 is 23.2 Å². The number of nitrogens with zero attached hydrogens (tertiary/aromatic N) is 12. The van der Waals surface area contributed by atoms with E-state index < -0.39 is 117 Å². The van der Waals surface area contributed by atoms with Gasteiger partial charge in [0.1, 0.15) is 37.4 Å². The highest BCUT2D eigenvalue weighted by molar-refractivity contribution is 7.91. The average molecular weight is 1180 g/mol. The molecule has 12 N–H and O–H groups in total. The lowest BCUT2D eigenvalue weighted by Crippen LogP contribution is -2.37. The number of halogens is 2. The Kier molecular flexibility index (Phi) is 17.9. The number of hydrogen-bond donors (Lipinski definition) is 11. The molecule has 2 atom stereocenters. The van der Waals surface area contributed by atoms with Gasteiger partial charge in [0, 0.05) is 43.8 Å². The van der Waals surface area contributed by atoms with Crippen LogP contribution in [0.25, 0.3) is 10.8 Å². The van der Waals surface area contributed by atoms with Crippen molar-refractivity contribution < 1.29 is 72.9 Å². The van der Waals surface area contributed by atoms with E-state index in [9.17, 15) is 72.9 Å². The largest absolute Gasteiger partial charge is 0.505 e. The third-order valence-corrected chi connectivity index (χ3v) is 14.1.